The molecule has 0 unspecified atom stereocenters. The summed E-state index contributed by atoms with van der Waals surface area (Å²) in [5.74, 6) is 0.463. The highest BCUT2D eigenvalue weighted by Gasteiger charge is 2.03. The Balaban J connectivity index is 2.95. The summed E-state index contributed by atoms with van der Waals surface area (Å²) in [6, 6.07) is 0. The van der Waals surface area contributed by atoms with Crippen LogP contribution in [0.15, 0.2) is 23.3 Å². The van der Waals surface area contributed by atoms with Crippen LogP contribution in [0.3, 0.4) is 0 Å². The van der Waals surface area contributed by atoms with Gasteiger partial charge in [-0.3, -0.25) is 9.36 Å². The predicted octanol–water partition coefficient (Wildman–Crippen LogP) is 1.95. The topological polar surface area (TPSA) is 34.9 Å². The minimum absolute atomic E-state index is 0.00248. The third-order valence-electron chi connectivity index (χ3n) is 1.71. The lowest BCUT2D eigenvalue weighted by Crippen LogP contribution is -2.23. The van der Waals surface area contributed by atoms with Crippen molar-refractivity contribution in [3.8, 4) is 0 Å². The molecule has 3 nitrogen and oxygen atoms in total. The quantitative estimate of drug-likeness (QED) is 0.484. The molecule has 0 N–H and O–H groups in total. The number of aryl methyl sites for hydroxylation is 1. The largest absolute Gasteiger partial charge is 0.294 e. The van der Waals surface area contributed by atoms with E-state index in [0.29, 0.717) is 16.0 Å². The first-order valence-electron chi connectivity index (χ1n) is 4.09. The van der Waals surface area contributed by atoms with Crippen LogP contribution in [0.1, 0.15) is 5.69 Å². The van der Waals surface area contributed by atoms with Gasteiger partial charge in [-0.05, 0) is 29.5 Å². The molecule has 0 radical (unpaired) electrons. The van der Waals surface area contributed by atoms with Crippen LogP contribution in [0.4, 0.5) is 0 Å². The fourth-order valence-corrected chi connectivity index (χ4v) is 1.50. The molecule has 0 saturated carbocycles. The Kier molecular flexibility index (Phi) is 4.60. The molecule has 0 saturated heterocycles. The van der Waals surface area contributed by atoms with Gasteiger partial charge in [-0.2, -0.15) is 0 Å². The molecule has 76 valence electrons. The highest BCUT2D eigenvalue weighted by atomic mass is 127. The Morgan fingerprint density at radius 1 is 1.64 bits per heavy atom. The van der Waals surface area contributed by atoms with Gasteiger partial charge in [-0.15, -0.1) is 11.6 Å². The molecule has 1 heterocycles. The molecule has 0 fully saturated rings. The molecule has 14 heavy (non-hydrogen) atoms. The number of alkyl halides is 1. The van der Waals surface area contributed by atoms with E-state index in [2.05, 4.69) is 4.98 Å². The maximum Gasteiger partial charge on any atom is 0.267 e. The van der Waals surface area contributed by atoms with Crippen molar-refractivity contribution in [2.24, 2.45) is 0 Å². The highest BCUT2D eigenvalue weighted by molar-refractivity contribution is 14.1. The zero-order valence-corrected chi connectivity index (χ0v) is 10.6. The Labute approximate surface area is 101 Å². The van der Waals surface area contributed by atoms with Crippen LogP contribution < -0.4 is 5.56 Å². The SMILES string of the molecule is Cc1ncn(CC=CCCl)c(=O)c1I. The van der Waals surface area contributed by atoms with Crippen molar-refractivity contribution >= 4 is 34.2 Å². The van der Waals surface area contributed by atoms with Gasteiger partial charge >= 0.3 is 0 Å². The van der Waals surface area contributed by atoms with Crippen molar-refractivity contribution in [1.82, 2.24) is 9.55 Å². The van der Waals surface area contributed by atoms with Gasteiger partial charge in [0.25, 0.3) is 5.56 Å². The predicted molar refractivity (Wildman–Crippen MR) is 65.8 cm³/mol. The second kappa shape index (κ2) is 5.50. The molecule has 0 aliphatic carbocycles. The van der Waals surface area contributed by atoms with Gasteiger partial charge < -0.3 is 0 Å². The smallest absolute Gasteiger partial charge is 0.267 e. The minimum Gasteiger partial charge on any atom is -0.294 e. The van der Waals surface area contributed by atoms with E-state index < -0.39 is 0 Å². The Morgan fingerprint density at radius 3 is 3.00 bits per heavy atom. The number of halogens is 2. The number of nitrogens with zero attached hydrogens (tertiary/aromatic N) is 2. The minimum atomic E-state index is -0.00248. The van der Waals surface area contributed by atoms with Crippen LogP contribution in [0.25, 0.3) is 0 Å². The molecule has 1 aromatic rings. The first-order chi connectivity index (χ1) is 6.66. The van der Waals surface area contributed by atoms with E-state index in [1.165, 1.54) is 0 Å². The van der Waals surface area contributed by atoms with Gasteiger partial charge in [0, 0.05) is 12.4 Å². The van der Waals surface area contributed by atoms with Crippen molar-refractivity contribution in [2.45, 2.75) is 13.5 Å². The molecule has 1 aromatic heterocycles. The number of rotatable bonds is 3. The third-order valence-corrected chi connectivity index (χ3v) is 3.14. The van der Waals surface area contributed by atoms with E-state index in [-0.39, 0.29) is 5.56 Å². The molecule has 0 aliphatic rings. The molecule has 0 spiro atoms. The monoisotopic (exact) mass is 324 g/mol. The molecule has 0 aliphatic heterocycles. The normalized spacial score (nSPS) is 11.1. The summed E-state index contributed by atoms with van der Waals surface area (Å²) in [5, 5.41) is 0. The summed E-state index contributed by atoms with van der Waals surface area (Å²) >= 11 is 7.48. The molecule has 5 heteroatoms. The zero-order chi connectivity index (χ0) is 10.6. The molecular weight excluding hydrogens is 314 g/mol. The van der Waals surface area contributed by atoms with Gasteiger partial charge in [-0.25, -0.2) is 4.98 Å². The van der Waals surface area contributed by atoms with Crippen molar-refractivity contribution in [3.63, 3.8) is 0 Å². The first kappa shape index (κ1) is 11.7. The van der Waals surface area contributed by atoms with Crippen LogP contribution in [0, 0.1) is 10.5 Å². The van der Waals surface area contributed by atoms with E-state index in [1.54, 1.807) is 17.0 Å². The molecular formula is C9H10ClIN2O. The van der Waals surface area contributed by atoms with E-state index in [9.17, 15) is 4.79 Å². The first-order valence-corrected chi connectivity index (χ1v) is 5.70. The number of hydrogen-bond acceptors (Lipinski definition) is 2. The Morgan fingerprint density at radius 2 is 2.36 bits per heavy atom. The average Bonchev–Trinajstić information content (AvgIpc) is 2.18. The maximum absolute atomic E-state index is 11.6. The lowest BCUT2D eigenvalue weighted by atomic mass is 10.4. The molecule has 0 bridgehead atoms. The second-order valence-electron chi connectivity index (χ2n) is 2.73. The molecule has 0 aromatic carbocycles. The van der Waals surface area contributed by atoms with Crippen LogP contribution in [0.2, 0.25) is 0 Å². The summed E-state index contributed by atoms with van der Waals surface area (Å²) in [5.41, 5.74) is 0.769. The molecule has 0 atom stereocenters. The van der Waals surface area contributed by atoms with Crippen molar-refractivity contribution in [2.75, 3.05) is 5.88 Å². The van der Waals surface area contributed by atoms with Crippen LogP contribution in [-0.2, 0) is 6.54 Å². The van der Waals surface area contributed by atoms with Gasteiger partial charge in [0.1, 0.15) is 0 Å². The van der Waals surface area contributed by atoms with E-state index in [1.807, 2.05) is 35.6 Å². The summed E-state index contributed by atoms with van der Waals surface area (Å²) in [6.07, 6.45) is 5.21. The van der Waals surface area contributed by atoms with Crippen molar-refractivity contribution in [1.29, 1.82) is 0 Å². The second-order valence-corrected chi connectivity index (χ2v) is 4.11. The van der Waals surface area contributed by atoms with Gasteiger partial charge in [0.05, 0.1) is 15.6 Å². The average molecular weight is 325 g/mol. The van der Waals surface area contributed by atoms with Gasteiger partial charge in [-0.1, -0.05) is 12.2 Å². The van der Waals surface area contributed by atoms with E-state index in [4.69, 9.17) is 11.6 Å². The van der Waals surface area contributed by atoms with Gasteiger partial charge in [0.15, 0.2) is 0 Å². The third kappa shape index (κ3) is 2.81. The number of allylic oxidation sites excluding steroid dienone is 2. The summed E-state index contributed by atoms with van der Waals surface area (Å²) in [6.45, 7) is 2.34. The molecule has 1 rings (SSSR count). The van der Waals surface area contributed by atoms with E-state index in [0.717, 1.165) is 5.69 Å². The Hall–Kier alpha value is -0.360. The van der Waals surface area contributed by atoms with Crippen molar-refractivity contribution < 1.29 is 0 Å². The number of hydrogen-bond donors (Lipinski definition) is 0. The van der Waals surface area contributed by atoms with Crippen LogP contribution in [-0.4, -0.2) is 15.4 Å². The van der Waals surface area contributed by atoms with E-state index >= 15 is 0 Å². The fourth-order valence-electron chi connectivity index (χ4n) is 0.927. The number of aromatic nitrogens is 2. The zero-order valence-electron chi connectivity index (χ0n) is 7.70. The maximum atomic E-state index is 11.6. The summed E-state index contributed by atoms with van der Waals surface area (Å²) in [7, 11) is 0. The van der Waals surface area contributed by atoms with Crippen LogP contribution >= 0.6 is 34.2 Å². The molecule has 0 amide bonds. The lowest BCUT2D eigenvalue weighted by Gasteiger charge is -2.03. The standard InChI is InChI=1S/C9H10ClIN2O/c1-7-8(11)9(14)13(6-12-7)5-3-2-4-10/h2-3,6H,4-5H2,1H3. The van der Waals surface area contributed by atoms with Gasteiger partial charge in [0.2, 0.25) is 0 Å². The summed E-state index contributed by atoms with van der Waals surface area (Å²) < 4.78 is 2.22. The Bertz CT molecular complexity index is 400. The van der Waals surface area contributed by atoms with Crippen molar-refractivity contribution in [3.05, 3.63) is 38.1 Å². The fraction of sp³-hybridized carbons (Fsp3) is 0.333. The lowest BCUT2D eigenvalue weighted by molar-refractivity contribution is 0.739. The summed E-state index contributed by atoms with van der Waals surface area (Å²) in [4.78, 5) is 15.7. The highest BCUT2D eigenvalue weighted by Crippen LogP contribution is 2.01. The van der Waals surface area contributed by atoms with Crippen LogP contribution in [0.5, 0.6) is 0 Å².